The number of anilines is 2. The molecule has 0 aliphatic carbocycles. The number of amides is 1. The molecule has 1 aliphatic rings. The number of benzene rings is 1. The normalized spacial score (nSPS) is 13.0. The molecule has 1 aromatic carbocycles. The minimum atomic E-state index is 0.00361. The molecule has 6 nitrogen and oxygen atoms in total. The lowest BCUT2D eigenvalue weighted by molar-refractivity contribution is -0.116. The van der Waals surface area contributed by atoms with Crippen LogP contribution in [0.1, 0.15) is 23.1 Å². The number of aryl methyl sites for hydroxylation is 3. The first kappa shape index (κ1) is 18.0. The lowest BCUT2D eigenvalue weighted by Gasteiger charge is -2.23. The third kappa shape index (κ3) is 3.53. The van der Waals surface area contributed by atoms with Crippen LogP contribution < -0.4 is 16.2 Å². The molecule has 3 heterocycles. The Labute approximate surface area is 163 Å². The van der Waals surface area contributed by atoms with Gasteiger partial charge in [0.05, 0.1) is 11.4 Å². The minimum absolute atomic E-state index is 0.00361. The highest BCUT2D eigenvalue weighted by atomic mass is 16.1. The molecule has 2 aromatic heterocycles. The molecular weight excluding hydrogens is 352 g/mol. The standard InChI is InChI=1S/C22H22N4O2/c1-14-8-18(13-26(2)22(14)28)17-9-16-5-6-20(27)25-21(16)19(10-17)24-12-15-4-3-7-23-11-15/h3-4,7-11,13,24H,5-6,12H2,1-2H3,(H,25,27). The molecular formula is C22H22N4O2. The number of pyridine rings is 2. The first-order chi connectivity index (χ1) is 13.5. The molecule has 0 spiro atoms. The number of rotatable bonds is 4. The topological polar surface area (TPSA) is 76.0 Å². The van der Waals surface area contributed by atoms with Crippen LogP contribution in [-0.2, 0) is 24.8 Å². The lowest BCUT2D eigenvalue weighted by atomic mass is 9.95. The number of nitrogens with one attached hydrogen (secondary N) is 2. The number of fused-ring (bicyclic) bond motifs is 1. The van der Waals surface area contributed by atoms with Crippen molar-refractivity contribution in [2.75, 3.05) is 10.6 Å². The summed E-state index contributed by atoms with van der Waals surface area (Å²) in [6, 6.07) is 9.95. The smallest absolute Gasteiger partial charge is 0.253 e. The molecule has 2 N–H and O–H groups in total. The molecule has 0 unspecified atom stereocenters. The first-order valence-corrected chi connectivity index (χ1v) is 9.28. The fraction of sp³-hybridized carbons (Fsp3) is 0.227. The van der Waals surface area contributed by atoms with Crippen molar-refractivity contribution in [1.29, 1.82) is 0 Å². The zero-order chi connectivity index (χ0) is 19.7. The molecule has 1 aliphatic heterocycles. The zero-order valence-corrected chi connectivity index (χ0v) is 16.0. The largest absolute Gasteiger partial charge is 0.379 e. The van der Waals surface area contributed by atoms with E-state index in [9.17, 15) is 9.59 Å². The Balaban J connectivity index is 1.76. The van der Waals surface area contributed by atoms with E-state index >= 15 is 0 Å². The highest BCUT2D eigenvalue weighted by molar-refractivity contribution is 5.98. The van der Waals surface area contributed by atoms with Gasteiger partial charge in [0.1, 0.15) is 0 Å². The number of aromatic nitrogens is 2. The van der Waals surface area contributed by atoms with Crippen LogP contribution in [0.4, 0.5) is 11.4 Å². The summed E-state index contributed by atoms with van der Waals surface area (Å²) in [7, 11) is 1.76. The van der Waals surface area contributed by atoms with Crippen LogP contribution in [-0.4, -0.2) is 15.5 Å². The third-order valence-electron chi connectivity index (χ3n) is 5.01. The van der Waals surface area contributed by atoms with E-state index in [0.29, 0.717) is 24.9 Å². The molecule has 4 rings (SSSR count). The molecule has 28 heavy (non-hydrogen) atoms. The summed E-state index contributed by atoms with van der Waals surface area (Å²) in [6.07, 6.45) is 6.59. The molecule has 1 amide bonds. The number of carbonyl (C=O) groups excluding carboxylic acids is 1. The van der Waals surface area contributed by atoms with Crippen molar-refractivity contribution >= 4 is 17.3 Å². The van der Waals surface area contributed by atoms with E-state index in [2.05, 4.69) is 21.7 Å². The molecule has 0 fully saturated rings. The zero-order valence-electron chi connectivity index (χ0n) is 16.0. The summed E-state index contributed by atoms with van der Waals surface area (Å²) < 4.78 is 1.61. The van der Waals surface area contributed by atoms with Crippen molar-refractivity contribution in [1.82, 2.24) is 9.55 Å². The Morgan fingerprint density at radius 3 is 2.79 bits per heavy atom. The monoisotopic (exact) mass is 374 g/mol. The minimum Gasteiger partial charge on any atom is -0.379 e. The van der Waals surface area contributed by atoms with Crippen LogP contribution in [0.3, 0.4) is 0 Å². The van der Waals surface area contributed by atoms with Crippen molar-refractivity contribution in [3.8, 4) is 11.1 Å². The Morgan fingerprint density at radius 1 is 1.18 bits per heavy atom. The summed E-state index contributed by atoms with van der Waals surface area (Å²) in [5.41, 5.74) is 6.56. The highest BCUT2D eigenvalue weighted by Crippen LogP contribution is 2.36. The fourth-order valence-electron chi connectivity index (χ4n) is 3.54. The van der Waals surface area contributed by atoms with Crippen molar-refractivity contribution in [2.24, 2.45) is 7.05 Å². The molecule has 0 saturated carbocycles. The van der Waals surface area contributed by atoms with Crippen molar-refractivity contribution < 1.29 is 4.79 Å². The molecule has 0 saturated heterocycles. The van der Waals surface area contributed by atoms with Gasteiger partial charge in [0, 0.05) is 44.2 Å². The van der Waals surface area contributed by atoms with E-state index in [1.54, 1.807) is 17.8 Å². The van der Waals surface area contributed by atoms with Crippen LogP contribution in [0.15, 0.2) is 53.7 Å². The van der Waals surface area contributed by atoms with Gasteiger partial charge in [-0.1, -0.05) is 6.07 Å². The van der Waals surface area contributed by atoms with Crippen molar-refractivity contribution in [2.45, 2.75) is 26.3 Å². The van der Waals surface area contributed by atoms with Gasteiger partial charge in [-0.05, 0) is 59.9 Å². The van der Waals surface area contributed by atoms with Gasteiger partial charge in [0.2, 0.25) is 5.91 Å². The highest BCUT2D eigenvalue weighted by Gasteiger charge is 2.20. The van der Waals surface area contributed by atoms with E-state index in [1.165, 1.54) is 0 Å². The summed E-state index contributed by atoms with van der Waals surface area (Å²) >= 11 is 0. The van der Waals surface area contributed by atoms with Gasteiger partial charge in [-0.25, -0.2) is 0 Å². The Morgan fingerprint density at radius 2 is 2.04 bits per heavy atom. The maximum Gasteiger partial charge on any atom is 0.253 e. The first-order valence-electron chi connectivity index (χ1n) is 9.28. The second-order valence-electron chi connectivity index (χ2n) is 7.15. The van der Waals surface area contributed by atoms with Crippen LogP contribution in [0, 0.1) is 6.92 Å². The van der Waals surface area contributed by atoms with Crippen LogP contribution in [0.5, 0.6) is 0 Å². The maximum absolute atomic E-state index is 12.0. The lowest BCUT2D eigenvalue weighted by Crippen LogP contribution is -2.21. The van der Waals surface area contributed by atoms with E-state index in [0.717, 1.165) is 33.6 Å². The van der Waals surface area contributed by atoms with Crippen molar-refractivity contribution in [3.05, 3.63) is 76.0 Å². The Bertz CT molecular complexity index is 1080. The van der Waals surface area contributed by atoms with E-state index in [4.69, 9.17) is 0 Å². The van der Waals surface area contributed by atoms with Crippen LogP contribution >= 0.6 is 0 Å². The van der Waals surface area contributed by atoms with Gasteiger partial charge in [0.25, 0.3) is 5.56 Å². The maximum atomic E-state index is 12.0. The van der Waals surface area contributed by atoms with Crippen LogP contribution in [0.2, 0.25) is 0 Å². The third-order valence-corrected chi connectivity index (χ3v) is 5.01. The second kappa shape index (κ2) is 7.31. The summed E-state index contributed by atoms with van der Waals surface area (Å²) in [6.45, 7) is 2.43. The number of hydrogen-bond acceptors (Lipinski definition) is 4. The van der Waals surface area contributed by atoms with Gasteiger partial charge >= 0.3 is 0 Å². The molecule has 0 radical (unpaired) electrons. The average molecular weight is 374 g/mol. The number of carbonyl (C=O) groups is 1. The molecule has 0 bridgehead atoms. The fourth-order valence-corrected chi connectivity index (χ4v) is 3.54. The Hall–Kier alpha value is -3.41. The molecule has 3 aromatic rings. The summed E-state index contributed by atoms with van der Waals surface area (Å²) in [5.74, 6) is 0.0302. The number of hydrogen-bond donors (Lipinski definition) is 2. The van der Waals surface area contributed by atoms with Gasteiger partial charge in [-0.15, -0.1) is 0 Å². The van der Waals surface area contributed by atoms with Gasteiger partial charge in [-0.2, -0.15) is 0 Å². The van der Waals surface area contributed by atoms with E-state index in [1.807, 2.05) is 43.6 Å². The van der Waals surface area contributed by atoms with Gasteiger partial charge < -0.3 is 15.2 Å². The summed E-state index contributed by atoms with van der Waals surface area (Å²) in [4.78, 5) is 28.1. The van der Waals surface area contributed by atoms with E-state index < -0.39 is 0 Å². The predicted molar refractivity (Wildman–Crippen MR) is 110 cm³/mol. The quantitative estimate of drug-likeness (QED) is 0.735. The average Bonchev–Trinajstić information content (AvgIpc) is 2.70. The molecule has 0 atom stereocenters. The van der Waals surface area contributed by atoms with Crippen LogP contribution in [0.25, 0.3) is 11.1 Å². The van der Waals surface area contributed by atoms with Gasteiger partial charge in [0.15, 0.2) is 0 Å². The van der Waals surface area contributed by atoms with Crippen molar-refractivity contribution in [3.63, 3.8) is 0 Å². The molecule has 142 valence electrons. The van der Waals surface area contributed by atoms with E-state index in [-0.39, 0.29) is 11.5 Å². The predicted octanol–water partition coefficient (Wildman–Crippen LogP) is 3.25. The number of nitrogens with zero attached hydrogens (tertiary/aromatic N) is 2. The Kier molecular flexibility index (Phi) is 4.69. The molecule has 6 heteroatoms. The van der Waals surface area contributed by atoms with Gasteiger partial charge in [-0.3, -0.25) is 14.6 Å². The second-order valence-corrected chi connectivity index (χ2v) is 7.15. The summed E-state index contributed by atoms with van der Waals surface area (Å²) in [5, 5.41) is 6.44. The SMILES string of the molecule is Cc1cc(-c2cc3c(c(NCc4cccnc4)c2)NC(=O)CC3)cn(C)c1=O.